The summed E-state index contributed by atoms with van der Waals surface area (Å²) < 4.78 is 92.1. The molecule has 2 bridgehead atoms. The molecule has 3 aromatic rings. The smallest absolute Gasteiger partial charge is 0.256 e. The second-order valence-corrected chi connectivity index (χ2v) is 10.9. The maximum atomic E-state index is 15.3. The molecule has 14 heteroatoms. The fraction of sp³-hybridized carbons (Fsp3) is 0.348. The molecule has 196 valence electrons. The standard InChI is InChI=1S/C23H21F4N5O4S/c1-37(33,34)15-2-3-18(16(25)5-15)31-21-19(27)23(30-11-29-21)36-20-12-7-32(8-13(20)10-35-9-12)22-17(26)4-14(24)6-28-22/h2-6,11-13,20H,7-10H2,1H3,(H,29,30,31). The van der Waals surface area contributed by atoms with Crippen LogP contribution in [0.1, 0.15) is 0 Å². The summed E-state index contributed by atoms with van der Waals surface area (Å²) in [5.41, 5.74) is -0.191. The average molecular weight is 540 g/mol. The first-order valence-electron chi connectivity index (χ1n) is 11.2. The molecule has 2 unspecified atom stereocenters. The van der Waals surface area contributed by atoms with Crippen LogP contribution in [0.25, 0.3) is 0 Å². The minimum atomic E-state index is -3.62. The van der Waals surface area contributed by atoms with Gasteiger partial charge >= 0.3 is 0 Å². The van der Waals surface area contributed by atoms with Crippen molar-refractivity contribution in [3.8, 4) is 5.88 Å². The van der Waals surface area contributed by atoms with E-state index in [0.29, 0.717) is 0 Å². The maximum absolute atomic E-state index is 15.3. The Morgan fingerprint density at radius 2 is 1.76 bits per heavy atom. The van der Waals surface area contributed by atoms with Gasteiger partial charge in [-0.2, -0.15) is 9.37 Å². The van der Waals surface area contributed by atoms with E-state index in [0.717, 1.165) is 37.0 Å². The Kier molecular flexibility index (Phi) is 6.62. The highest BCUT2D eigenvalue weighted by atomic mass is 32.2. The van der Waals surface area contributed by atoms with Gasteiger partial charge in [-0.25, -0.2) is 31.6 Å². The van der Waals surface area contributed by atoms with Crippen LogP contribution in [-0.4, -0.2) is 62.0 Å². The minimum Gasteiger partial charge on any atom is -0.471 e. The maximum Gasteiger partial charge on any atom is 0.256 e. The molecule has 2 fully saturated rings. The van der Waals surface area contributed by atoms with Gasteiger partial charge in [-0.3, -0.25) is 0 Å². The van der Waals surface area contributed by atoms with Crippen molar-refractivity contribution >= 4 is 27.2 Å². The zero-order chi connectivity index (χ0) is 26.3. The van der Waals surface area contributed by atoms with Gasteiger partial charge in [-0.1, -0.05) is 0 Å². The number of hydrogen-bond acceptors (Lipinski definition) is 9. The van der Waals surface area contributed by atoms with Crippen molar-refractivity contribution in [3.63, 3.8) is 0 Å². The predicted octanol–water partition coefficient (Wildman–Crippen LogP) is 3.11. The first-order chi connectivity index (χ1) is 17.6. The highest BCUT2D eigenvalue weighted by Gasteiger charge is 2.43. The number of halogens is 4. The molecule has 0 saturated carbocycles. The number of sulfone groups is 1. The van der Waals surface area contributed by atoms with Crippen molar-refractivity contribution in [3.05, 3.63) is 60.1 Å². The number of rotatable bonds is 6. The number of nitrogens with one attached hydrogen (secondary N) is 1. The number of nitrogens with zero attached hydrogens (tertiary/aromatic N) is 4. The summed E-state index contributed by atoms with van der Waals surface area (Å²) in [5.74, 6) is -4.77. The quantitative estimate of drug-likeness (QED) is 0.473. The molecule has 0 spiro atoms. The van der Waals surface area contributed by atoms with Gasteiger partial charge in [0, 0.05) is 37.2 Å². The van der Waals surface area contributed by atoms with Crippen LogP contribution in [0.4, 0.5) is 34.9 Å². The van der Waals surface area contributed by atoms with Crippen molar-refractivity contribution < 1.29 is 35.5 Å². The Hall–Kier alpha value is -3.52. The number of aromatic nitrogens is 3. The lowest BCUT2D eigenvalue weighted by molar-refractivity contribution is -0.0780. The van der Waals surface area contributed by atoms with Crippen molar-refractivity contribution in [2.75, 3.05) is 42.8 Å². The molecule has 2 saturated heterocycles. The largest absolute Gasteiger partial charge is 0.471 e. The van der Waals surface area contributed by atoms with E-state index in [9.17, 15) is 21.6 Å². The van der Waals surface area contributed by atoms with Crippen LogP contribution >= 0.6 is 0 Å². The molecule has 0 radical (unpaired) electrons. The molecule has 2 aliphatic rings. The summed E-state index contributed by atoms with van der Waals surface area (Å²) in [4.78, 5) is 13.0. The SMILES string of the molecule is CS(=O)(=O)c1ccc(Nc2ncnc(OC3C4COCC3CN(c3ncc(F)cc3F)C4)c2F)c(F)c1. The van der Waals surface area contributed by atoms with Gasteiger partial charge in [0.2, 0.25) is 5.82 Å². The normalized spacial score (nSPS) is 21.5. The molecule has 2 aromatic heterocycles. The number of ether oxygens (including phenoxy) is 2. The number of anilines is 3. The van der Waals surface area contributed by atoms with E-state index < -0.39 is 39.2 Å². The van der Waals surface area contributed by atoms with E-state index in [2.05, 4.69) is 20.3 Å². The Morgan fingerprint density at radius 3 is 2.41 bits per heavy atom. The van der Waals surface area contributed by atoms with Crippen LogP contribution in [0.2, 0.25) is 0 Å². The summed E-state index contributed by atoms with van der Waals surface area (Å²) >= 11 is 0. The van der Waals surface area contributed by atoms with Crippen molar-refractivity contribution in [1.82, 2.24) is 15.0 Å². The molecular weight excluding hydrogens is 518 g/mol. The Labute approximate surface area is 209 Å². The molecular formula is C23H21F4N5O4S. The second kappa shape index (κ2) is 9.74. The van der Waals surface area contributed by atoms with Crippen molar-refractivity contribution in [1.29, 1.82) is 0 Å². The fourth-order valence-electron chi connectivity index (χ4n) is 4.51. The third-order valence-corrected chi connectivity index (χ3v) is 7.33. The van der Waals surface area contributed by atoms with Crippen LogP contribution in [0.3, 0.4) is 0 Å². The average Bonchev–Trinajstić information content (AvgIpc) is 2.82. The lowest BCUT2D eigenvalue weighted by Crippen LogP contribution is -2.58. The van der Waals surface area contributed by atoms with Gasteiger partial charge in [-0.15, -0.1) is 0 Å². The number of pyridine rings is 1. The number of piperidine rings is 1. The summed E-state index contributed by atoms with van der Waals surface area (Å²) in [6, 6.07) is 3.93. The topological polar surface area (TPSA) is 107 Å². The van der Waals surface area contributed by atoms with Crippen molar-refractivity contribution in [2.45, 2.75) is 11.0 Å². The summed E-state index contributed by atoms with van der Waals surface area (Å²) in [5, 5.41) is 2.50. The van der Waals surface area contributed by atoms with Gasteiger partial charge in [-0.05, 0) is 18.2 Å². The van der Waals surface area contributed by atoms with E-state index in [-0.39, 0.29) is 66.2 Å². The summed E-state index contributed by atoms with van der Waals surface area (Å²) in [6.07, 6.45) is 2.40. The van der Waals surface area contributed by atoms with Crippen LogP contribution in [0.15, 0.2) is 41.7 Å². The molecule has 2 atom stereocenters. The monoisotopic (exact) mass is 539 g/mol. The number of hydrogen-bond donors (Lipinski definition) is 1. The summed E-state index contributed by atoms with van der Waals surface area (Å²) in [6.45, 7) is 1.06. The Morgan fingerprint density at radius 1 is 1.03 bits per heavy atom. The van der Waals surface area contributed by atoms with E-state index in [4.69, 9.17) is 9.47 Å². The van der Waals surface area contributed by atoms with Gasteiger partial charge in [0.15, 0.2) is 27.3 Å². The second-order valence-electron chi connectivity index (χ2n) is 8.88. The molecule has 5 rings (SSSR count). The van der Waals surface area contributed by atoms with E-state index in [1.807, 2.05) is 0 Å². The number of fused-ring (bicyclic) bond motifs is 2. The molecule has 4 heterocycles. The molecule has 0 aliphatic carbocycles. The number of benzene rings is 1. The Bertz CT molecular complexity index is 1430. The zero-order valence-electron chi connectivity index (χ0n) is 19.4. The molecule has 2 aliphatic heterocycles. The van der Waals surface area contributed by atoms with Gasteiger partial charge in [0.25, 0.3) is 5.88 Å². The first-order valence-corrected chi connectivity index (χ1v) is 13.1. The van der Waals surface area contributed by atoms with Gasteiger partial charge in [0.05, 0.1) is 30.0 Å². The van der Waals surface area contributed by atoms with E-state index in [1.165, 1.54) is 6.07 Å². The molecule has 1 N–H and O–H groups in total. The molecule has 0 amide bonds. The molecule has 37 heavy (non-hydrogen) atoms. The predicted molar refractivity (Wildman–Crippen MR) is 123 cm³/mol. The third kappa shape index (κ3) is 5.16. The third-order valence-electron chi connectivity index (χ3n) is 6.22. The van der Waals surface area contributed by atoms with Gasteiger partial charge < -0.3 is 19.7 Å². The van der Waals surface area contributed by atoms with E-state index in [1.54, 1.807) is 4.90 Å². The van der Waals surface area contributed by atoms with Crippen LogP contribution < -0.4 is 15.0 Å². The van der Waals surface area contributed by atoms with E-state index >= 15 is 4.39 Å². The van der Waals surface area contributed by atoms with Crippen LogP contribution in [0, 0.1) is 35.1 Å². The lowest BCUT2D eigenvalue weighted by Gasteiger charge is -2.46. The highest BCUT2D eigenvalue weighted by Crippen LogP contribution is 2.35. The highest BCUT2D eigenvalue weighted by molar-refractivity contribution is 7.90. The fourth-order valence-corrected chi connectivity index (χ4v) is 5.14. The van der Waals surface area contributed by atoms with Crippen molar-refractivity contribution in [2.24, 2.45) is 11.8 Å². The van der Waals surface area contributed by atoms with Crippen LogP contribution in [0.5, 0.6) is 5.88 Å². The van der Waals surface area contributed by atoms with Gasteiger partial charge in [0.1, 0.15) is 24.1 Å². The first kappa shape index (κ1) is 25.1. The lowest BCUT2D eigenvalue weighted by atomic mass is 9.84. The summed E-state index contributed by atoms with van der Waals surface area (Å²) in [7, 11) is -3.62. The minimum absolute atomic E-state index is 0.0142. The Balaban J connectivity index is 1.34. The molecule has 1 aromatic carbocycles. The zero-order valence-corrected chi connectivity index (χ0v) is 20.2. The molecule has 9 nitrogen and oxygen atoms in total. The van der Waals surface area contributed by atoms with Crippen LogP contribution in [-0.2, 0) is 14.6 Å².